The van der Waals surface area contributed by atoms with Gasteiger partial charge >= 0.3 is 0 Å². The van der Waals surface area contributed by atoms with E-state index in [0.29, 0.717) is 27.1 Å². The number of rotatable bonds is 5. The van der Waals surface area contributed by atoms with E-state index >= 15 is 0 Å². The maximum atomic E-state index is 11.8. The minimum atomic E-state index is -0.180. The fraction of sp³-hybridized carbons (Fsp3) is 0.211. The zero-order chi connectivity index (χ0) is 17.8. The van der Waals surface area contributed by atoms with Crippen LogP contribution in [0.2, 0.25) is 0 Å². The van der Waals surface area contributed by atoms with Gasteiger partial charge in [-0.1, -0.05) is 55.5 Å². The Labute approximate surface area is 155 Å². The lowest BCUT2D eigenvalue weighted by Crippen LogP contribution is -2.17. The molecule has 0 atom stereocenters. The first-order valence-corrected chi connectivity index (χ1v) is 9.19. The number of unbranched alkanes of at least 4 members (excludes halogenated alkanes) is 1. The number of carbonyl (C=O) groups excluding carboxylic acids is 1. The standard InChI is InChI=1S/C19H16N2O2S2/c1-2-3-8-23-17-14(11-20)7-6-13-5-4-12(9-15(13)17)10-16-18(22)21-19(24)25-16/h4-7,9-10H,2-3,8H2,1H3,(H,21,22,24). The SMILES string of the molecule is CCCCOc1c(C#N)ccc2ccc(C=C3SC(=S)NC3=O)cc12. The second-order valence-corrected chi connectivity index (χ2v) is 7.31. The Morgan fingerprint density at radius 2 is 2.16 bits per heavy atom. The number of ether oxygens (including phenoxy) is 1. The van der Waals surface area contributed by atoms with E-state index in [0.717, 1.165) is 29.2 Å². The highest BCUT2D eigenvalue weighted by Gasteiger charge is 2.22. The molecule has 6 heteroatoms. The van der Waals surface area contributed by atoms with Crippen LogP contribution in [0.1, 0.15) is 30.9 Å². The van der Waals surface area contributed by atoms with E-state index in [9.17, 15) is 10.1 Å². The van der Waals surface area contributed by atoms with E-state index in [4.69, 9.17) is 17.0 Å². The van der Waals surface area contributed by atoms with Gasteiger partial charge in [-0.2, -0.15) is 5.26 Å². The maximum Gasteiger partial charge on any atom is 0.263 e. The Bertz CT molecular complexity index is 929. The van der Waals surface area contributed by atoms with Gasteiger partial charge in [0.2, 0.25) is 0 Å². The predicted octanol–water partition coefficient (Wildman–Crippen LogP) is 4.38. The molecule has 25 heavy (non-hydrogen) atoms. The largest absolute Gasteiger partial charge is 0.492 e. The molecule has 1 fully saturated rings. The van der Waals surface area contributed by atoms with Crippen LogP contribution in [0.25, 0.3) is 16.8 Å². The van der Waals surface area contributed by atoms with Crippen molar-refractivity contribution in [1.82, 2.24) is 5.32 Å². The van der Waals surface area contributed by atoms with Crippen molar-refractivity contribution in [1.29, 1.82) is 5.26 Å². The molecule has 1 aliphatic heterocycles. The topological polar surface area (TPSA) is 62.1 Å². The molecule has 0 aromatic heterocycles. The number of thioether (sulfide) groups is 1. The van der Waals surface area contributed by atoms with Crippen LogP contribution in [0.3, 0.4) is 0 Å². The van der Waals surface area contributed by atoms with Crippen molar-refractivity contribution in [2.45, 2.75) is 19.8 Å². The fourth-order valence-electron chi connectivity index (χ4n) is 2.53. The molecule has 1 heterocycles. The van der Waals surface area contributed by atoms with E-state index in [2.05, 4.69) is 18.3 Å². The van der Waals surface area contributed by atoms with Gasteiger partial charge in [0.05, 0.1) is 17.1 Å². The molecule has 0 aliphatic carbocycles. The predicted molar refractivity (Wildman–Crippen MR) is 105 cm³/mol. The zero-order valence-corrected chi connectivity index (χ0v) is 15.3. The highest BCUT2D eigenvalue weighted by molar-refractivity contribution is 8.26. The van der Waals surface area contributed by atoms with E-state index in [1.54, 1.807) is 12.1 Å². The number of hydrogen-bond donors (Lipinski definition) is 1. The van der Waals surface area contributed by atoms with Gasteiger partial charge in [-0.05, 0) is 35.6 Å². The molecule has 0 spiro atoms. The Kier molecular flexibility index (Phi) is 5.37. The van der Waals surface area contributed by atoms with Crippen molar-refractivity contribution >= 4 is 51.1 Å². The van der Waals surface area contributed by atoms with E-state index in [1.165, 1.54) is 11.8 Å². The van der Waals surface area contributed by atoms with Gasteiger partial charge in [0.25, 0.3) is 5.91 Å². The lowest BCUT2D eigenvalue weighted by atomic mass is 10.0. The van der Waals surface area contributed by atoms with Gasteiger partial charge in [-0.15, -0.1) is 0 Å². The first-order chi connectivity index (χ1) is 12.1. The molecule has 2 aromatic rings. The summed E-state index contributed by atoms with van der Waals surface area (Å²) in [5, 5.41) is 13.9. The molecule has 1 N–H and O–H groups in total. The lowest BCUT2D eigenvalue weighted by molar-refractivity contribution is -0.115. The second-order valence-electron chi connectivity index (χ2n) is 5.59. The summed E-state index contributed by atoms with van der Waals surface area (Å²) in [7, 11) is 0. The van der Waals surface area contributed by atoms with Crippen LogP contribution in [0.4, 0.5) is 0 Å². The quantitative estimate of drug-likeness (QED) is 0.482. The molecule has 1 amide bonds. The average Bonchev–Trinajstić information content (AvgIpc) is 2.92. The molecular formula is C19H16N2O2S2. The van der Waals surface area contributed by atoms with Crippen molar-refractivity contribution < 1.29 is 9.53 Å². The third-order valence-electron chi connectivity index (χ3n) is 3.80. The van der Waals surface area contributed by atoms with E-state index in [1.807, 2.05) is 24.3 Å². The lowest BCUT2D eigenvalue weighted by Gasteiger charge is -2.11. The maximum absolute atomic E-state index is 11.8. The Balaban J connectivity index is 2.04. The van der Waals surface area contributed by atoms with Crippen LogP contribution in [0.15, 0.2) is 35.2 Å². The molecule has 0 bridgehead atoms. The molecular weight excluding hydrogens is 352 g/mol. The summed E-state index contributed by atoms with van der Waals surface area (Å²) in [6, 6.07) is 11.7. The number of benzene rings is 2. The smallest absolute Gasteiger partial charge is 0.263 e. The minimum absolute atomic E-state index is 0.180. The molecule has 0 unspecified atom stereocenters. The summed E-state index contributed by atoms with van der Waals surface area (Å²) in [5.74, 6) is 0.424. The van der Waals surface area contributed by atoms with Crippen LogP contribution in [-0.4, -0.2) is 16.8 Å². The van der Waals surface area contributed by atoms with E-state index < -0.39 is 0 Å². The summed E-state index contributed by atoms with van der Waals surface area (Å²) in [6.07, 6.45) is 3.75. The first kappa shape index (κ1) is 17.5. The van der Waals surface area contributed by atoms with Gasteiger partial charge in [-0.25, -0.2) is 0 Å². The monoisotopic (exact) mass is 368 g/mol. The highest BCUT2D eigenvalue weighted by atomic mass is 32.2. The number of amides is 1. The molecule has 0 radical (unpaired) electrons. The number of nitriles is 1. The van der Waals surface area contributed by atoms with Gasteiger partial charge in [0.1, 0.15) is 16.1 Å². The van der Waals surface area contributed by atoms with Crippen LogP contribution in [0.5, 0.6) is 5.75 Å². The summed E-state index contributed by atoms with van der Waals surface area (Å²) in [4.78, 5) is 12.4. The average molecular weight is 368 g/mol. The van der Waals surface area contributed by atoms with Crippen molar-refractivity contribution in [3.8, 4) is 11.8 Å². The van der Waals surface area contributed by atoms with Gasteiger partial charge < -0.3 is 10.1 Å². The van der Waals surface area contributed by atoms with Gasteiger partial charge in [-0.3, -0.25) is 4.79 Å². The number of carbonyl (C=O) groups is 1. The summed E-state index contributed by atoms with van der Waals surface area (Å²) in [6.45, 7) is 2.67. The van der Waals surface area contributed by atoms with Gasteiger partial charge in [0.15, 0.2) is 0 Å². The molecule has 1 saturated heterocycles. The summed E-state index contributed by atoms with van der Waals surface area (Å²) < 4.78 is 6.36. The molecule has 0 saturated carbocycles. The van der Waals surface area contributed by atoms with Gasteiger partial charge in [0, 0.05) is 5.39 Å². The summed E-state index contributed by atoms with van der Waals surface area (Å²) in [5.41, 5.74) is 1.38. The first-order valence-electron chi connectivity index (χ1n) is 7.97. The number of nitrogens with zero attached hydrogens (tertiary/aromatic N) is 1. The number of hydrogen-bond acceptors (Lipinski definition) is 5. The van der Waals surface area contributed by atoms with Crippen LogP contribution >= 0.6 is 24.0 Å². The second kappa shape index (κ2) is 7.68. The Morgan fingerprint density at radius 1 is 1.36 bits per heavy atom. The number of fused-ring (bicyclic) bond motifs is 1. The Morgan fingerprint density at radius 3 is 2.84 bits per heavy atom. The van der Waals surface area contributed by atoms with E-state index in [-0.39, 0.29) is 5.91 Å². The molecule has 4 nitrogen and oxygen atoms in total. The molecule has 3 rings (SSSR count). The van der Waals surface area contributed by atoms with Crippen molar-refractivity contribution in [3.05, 3.63) is 46.4 Å². The van der Waals surface area contributed by atoms with Crippen LogP contribution in [-0.2, 0) is 4.79 Å². The molecule has 126 valence electrons. The summed E-state index contributed by atoms with van der Waals surface area (Å²) >= 11 is 6.26. The van der Waals surface area contributed by atoms with Crippen LogP contribution < -0.4 is 10.1 Å². The fourth-order valence-corrected chi connectivity index (χ4v) is 3.58. The minimum Gasteiger partial charge on any atom is -0.492 e. The number of nitrogens with one attached hydrogen (secondary N) is 1. The third-order valence-corrected chi connectivity index (χ3v) is 4.96. The highest BCUT2D eigenvalue weighted by Crippen LogP contribution is 2.32. The van der Waals surface area contributed by atoms with Crippen molar-refractivity contribution in [2.75, 3.05) is 6.61 Å². The molecule has 2 aromatic carbocycles. The normalized spacial score (nSPS) is 15.4. The third kappa shape index (κ3) is 3.84. The van der Waals surface area contributed by atoms with Crippen molar-refractivity contribution in [2.24, 2.45) is 0 Å². The van der Waals surface area contributed by atoms with Crippen LogP contribution in [0, 0.1) is 11.3 Å². The number of thiocarbonyl (C=S) groups is 1. The zero-order valence-electron chi connectivity index (χ0n) is 13.7. The van der Waals surface area contributed by atoms with Crippen molar-refractivity contribution in [3.63, 3.8) is 0 Å². The Hall–Kier alpha value is -2.36. The molecule has 1 aliphatic rings.